The Bertz CT molecular complexity index is 1110. The van der Waals surface area contributed by atoms with E-state index in [0.717, 1.165) is 15.9 Å². The summed E-state index contributed by atoms with van der Waals surface area (Å²) in [4.78, 5) is 23.2. The minimum absolute atomic E-state index is 0.0390. The van der Waals surface area contributed by atoms with E-state index < -0.39 is 44.6 Å². The molecule has 1 aliphatic rings. The lowest BCUT2D eigenvalue weighted by Gasteiger charge is -2.34. The molecule has 2 N–H and O–H groups in total. The summed E-state index contributed by atoms with van der Waals surface area (Å²) in [5, 5.41) is 4.69. The molecule has 33 heavy (non-hydrogen) atoms. The number of carbonyl (C=O) groups excluding carboxylic acids is 2. The summed E-state index contributed by atoms with van der Waals surface area (Å²) in [7, 11) is -4.47. The van der Waals surface area contributed by atoms with Crippen LogP contribution >= 0.6 is 0 Å². The molecule has 0 radical (unpaired) electrons. The molecule has 8 nitrogen and oxygen atoms in total. The van der Waals surface area contributed by atoms with E-state index >= 15 is 0 Å². The molecule has 1 heterocycles. The van der Waals surface area contributed by atoms with Crippen molar-refractivity contribution in [1.29, 1.82) is 0 Å². The fourth-order valence-corrected chi connectivity index (χ4v) is 4.86. The highest BCUT2D eigenvalue weighted by molar-refractivity contribution is 7.89. The number of sulfonamides is 1. The Morgan fingerprint density at radius 3 is 2.39 bits per heavy atom. The van der Waals surface area contributed by atoms with E-state index in [0.29, 0.717) is 25.0 Å². The summed E-state index contributed by atoms with van der Waals surface area (Å²) >= 11 is 0. The standard InChI is InChI=1S/C21H22F3N3O5S/c22-15-4-2-14(3-5-15)8-9-25-20(28)21(29)26-13-19-27(10-1-11-32-19)33(30,31)18-12-16(23)6-7-17(18)24/h2-7,12,19H,1,8-11,13H2,(H,25,28)(H,26,29)/t19-/m0/s1. The molecular weight excluding hydrogens is 463 g/mol. The average molecular weight is 485 g/mol. The van der Waals surface area contributed by atoms with Crippen molar-refractivity contribution < 1.29 is 35.9 Å². The van der Waals surface area contributed by atoms with Crippen molar-refractivity contribution in [1.82, 2.24) is 14.9 Å². The van der Waals surface area contributed by atoms with Crippen molar-refractivity contribution in [3.05, 3.63) is 65.5 Å². The summed E-state index contributed by atoms with van der Waals surface area (Å²) in [5.74, 6) is -4.39. The van der Waals surface area contributed by atoms with E-state index in [1.54, 1.807) is 12.1 Å². The van der Waals surface area contributed by atoms with Gasteiger partial charge in [-0.15, -0.1) is 0 Å². The van der Waals surface area contributed by atoms with Gasteiger partial charge in [0.05, 0.1) is 13.2 Å². The number of nitrogens with zero attached hydrogens (tertiary/aromatic N) is 1. The molecule has 0 aromatic heterocycles. The van der Waals surface area contributed by atoms with Gasteiger partial charge in [0.1, 0.15) is 28.6 Å². The largest absolute Gasteiger partial charge is 0.360 e. The van der Waals surface area contributed by atoms with Crippen LogP contribution in [-0.2, 0) is 30.8 Å². The second-order valence-corrected chi connectivity index (χ2v) is 9.07. The van der Waals surface area contributed by atoms with Crippen LogP contribution in [-0.4, -0.2) is 57.0 Å². The predicted octanol–water partition coefficient (Wildman–Crippen LogP) is 1.32. The van der Waals surface area contributed by atoms with Crippen LogP contribution in [0.1, 0.15) is 12.0 Å². The molecule has 1 fully saturated rings. The fourth-order valence-electron chi connectivity index (χ4n) is 3.22. The molecule has 178 valence electrons. The molecule has 12 heteroatoms. The summed E-state index contributed by atoms with van der Waals surface area (Å²) < 4.78 is 72.5. The first-order chi connectivity index (χ1) is 15.7. The summed E-state index contributed by atoms with van der Waals surface area (Å²) in [6.07, 6.45) is -0.525. The number of carbonyl (C=O) groups is 2. The SMILES string of the molecule is O=C(NCCc1ccc(F)cc1)C(=O)NC[C@@H]1OCCCN1S(=O)(=O)c1cc(F)ccc1F. The average Bonchev–Trinajstić information content (AvgIpc) is 2.80. The molecule has 0 spiro atoms. The van der Waals surface area contributed by atoms with Gasteiger partial charge in [-0.3, -0.25) is 9.59 Å². The zero-order valence-electron chi connectivity index (χ0n) is 17.4. The number of ether oxygens (including phenoxy) is 1. The topological polar surface area (TPSA) is 105 Å². The van der Waals surface area contributed by atoms with Gasteiger partial charge in [-0.25, -0.2) is 21.6 Å². The molecule has 2 amide bonds. The highest BCUT2D eigenvalue weighted by atomic mass is 32.2. The number of hydrogen-bond donors (Lipinski definition) is 2. The van der Waals surface area contributed by atoms with Gasteiger partial charge in [-0.2, -0.15) is 4.31 Å². The van der Waals surface area contributed by atoms with Crippen LogP contribution < -0.4 is 10.6 Å². The maximum absolute atomic E-state index is 14.1. The molecule has 1 saturated heterocycles. The van der Waals surface area contributed by atoms with Crippen LogP contribution in [0.5, 0.6) is 0 Å². The molecule has 1 aliphatic heterocycles. The van der Waals surface area contributed by atoms with E-state index in [1.165, 1.54) is 12.1 Å². The van der Waals surface area contributed by atoms with E-state index in [2.05, 4.69) is 10.6 Å². The second kappa shape index (κ2) is 10.8. The minimum atomic E-state index is -4.47. The molecule has 0 saturated carbocycles. The third kappa shape index (κ3) is 6.30. The molecule has 3 rings (SSSR count). The summed E-state index contributed by atoms with van der Waals surface area (Å²) in [5.41, 5.74) is 0.762. The number of nitrogens with one attached hydrogen (secondary N) is 2. The summed E-state index contributed by atoms with van der Waals surface area (Å²) in [6, 6.07) is 7.75. The lowest BCUT2D eigenvalue weighted by molar-refractivity contribution is -0.140. The van der Waals surface area contributed by atoms with Crippen LogP contribution in [0.15, 0.2) is 47.4 Å². The normalized spacial score (nSPS) is 16.9. The third-order valence-corrected chi connectivity index (χ3v) is 6.79. The summed E-state index contributed by atoms with van der Waals surface area (Å²) in [6.45, 7) is -0.109. The minimum Gasteiger partial charge on any atom is -0.360 e. The van der Waals surface area contributed by atoms with Gasteiger partial charge in [0.25, 0.3) is 0 Å². The molecule has 2 aromatic rings. The second-order valence-electron chi connectivity index (χ2n) is 7.21. The van der Waals surface area contributed by atoms with Gasteiger partial charge in [0.2, 0.25) is 10.0 Å². The molecule has 1 atom stereocenters. The fraction of sp³-hybridized carbons (Fsp3) is 0.333. The van der Waals surface area contributed by atoms with Gasteiger partial charge in [0.15, 0.2) is 0 Å². The Morgan fingerprint density at radius 2 is 1.67 bits per heavy atom. The van der Waals surface area contributed by atoms with Crippen LogP contribution in [0.25, 0.3) is 0 Å². The first kappa shape index (κ1) is 24.7. The van der Waals surface area contributed by atoms with E-state index in [4.69, 9.17) is 4.74 Å². The zero-order chi connectivity index (χ0) is 24.0. The molecule has 0 bridgehead atoms. The Balaban J connectivity index is 1.57. The third-order valence-electron chi connectivity index (χ3n) is 4.89. The Kier molecular flexibility index (Phi) is 8.06. The van der Waals surface area contributed by atoms with Gasteiger partial charge in [0, 0.05) is 13.1 Å². The van der Waals surface area contributed by atoms with Crippen LogP contribution in [0.2, 0.25) is 0 Å². The Labute approximate surface area is 188 Å². The Hall–Kier alpha value is -2.96. The maximum atomic E-state index is 14.1. The van der Waals surface area contributed by atoms with Gasteiger partial charge in [-0.05, 0) is 48.7 Å². The molecule has 0 aliphatic carbocycles. The van der Waals surface area contributed by atoms with Crippen molar-refractivity contribution in [2.45, 2.75) is 24.0 Å². The number of rotatable bonds is 7. The van der Waals surface area contributed by atoms with E-state index in [-0.39, 0.29) is 32.1 Å². The maximum Gasteiger partial charge on any atom is 0.309 e. The van der Waals surface area contributed by atoms with Gasteiger partial charge >= 0.3 is 11.8 Å². The van der Waals surface area contributed by atoms with Crippen molar-refractivity contribution in [2.75, 3.05) is 26.2 Å². The highest BCUT2D eigenvalue weighted by Crippen LogP contribution is 2.24. The van der Waals surface area contributed by atoms with Crippen LogP contribution in [0.4, 0.5) is 13.2 Å². The Morgan fingerprint density at radius 1 is 1.00 bits per heavy atom. The lowest BCUT2D eigenvalue weighted by Crippen LogP contribution is -2.53. The van der Waals surface area contributed by atoms with E-state index in [9.17, 15) is 31.2 Å². The quantitative estimate of drug-likeness (QED) is 0.576. The van der Waals surface area contributed by atoms with Crippen LogP contribution in [0, 0.1) is 17.5 Å². The highest BCUT2D eigenvalue weighted by Gasteiger charge is 2.36. The number of halogens is 3. The van der Waals surface area contributed by atoms with E-state index in [1.807, 2.05) is 0 Å². The van der Waals surface area contributed by atoms with Crippen molar-refractivity contribution in [2.24, 2.45) is 0 Å². The first-order valence-electron chi connectivity index (χ1n) is 10.1. The molecule has 0 unspecified atom stereocenters. The molecule has 2 aromatic carbocycles. The number of amides is 2. The smallest absolute Gasteiger partial charge is 0.309 e. The first-order valence-corrected chi connectivity index (χ1v) is 11.5. The van der Waals surface area contributed by atoms with Crippen molar-refractivity contribution in [3.63, 3.8) is 0 Å². The zero-order valence-corrected chi connectivity index (χ0v) is 18.2. The predicted molar refractivity (Wildman–Crippen MR) is 111 cm³/mol. The van der Waals surface area contributed by atoms with Crippen LogP contribution in [0.3, 0.4) is 0 Å². The van der Waals surface area contributed by atoms with Gasteiger partial charge in [-0.1, -0.05) is 12.1 Å². The van der Waals surface area contributed by atoms with Gasteiger partial charge < -0.3 is 15.4 Å². The lowest BCUT2D eigenvalue weighted by atomic mass is 10.1. The van der Waals surface area contributed by atoms with Crippen molar-refractivity contribution in [3.8, 4) is 0 Å². The number of hydrogen-bond acceptors (Lipinski definition) is 5. The monoisotopic (exact) mass is 485 g/mol. The number of benzene rings is 2. The molecular formula is C21H22F3N3O5S. The van der Waals surface area contributed by atoms with Crippen molar-refractivity contribution >= 4 is 21.8 Å².